The van der Waals surface area contributed by atoms with Crippen molar-refractivity contribution in [2.45, 2.75) is 167 Å². The first kappa shape index (κ1) is 58.4. The zero-order chi connectivity index (χ0) is 57.7. The first-order chi connectivity index (χ1) is 39.5. The summed E-state index contributed by atoms with van der Waals surface area (Å²) >= 11 is 1.61. The van der Waals surface area contributed by atoms with Crippen molar-refractivity contribution in [3.8, 4) is 45.8 Å². The van der Waals surface area contributed by atoms with Gasteiger partial charge in [0.1, 0.15) is 46.8 Å². The van der Waals surface area contributed by atoms with Crippen molar-refractivity contribution < 1.29 is 33.0 Å². The second-order valence-electron chi connectivity index (χ2n) is 24.2. The Morgan fingerprint density at radius 3 is 2.30 bits per heavy atom. The number of rotatable bonds is 22. The van der Waals surface area contributed by atoms with Crippen molar-refractivity contribution in [3.63, 3.8) is 0 Å². The molecule has 6 atom stereocenters. The van der Waals surface area contributed by atoms with Crippen molar-refractivity contribution in [2.24, 2.45) is 5.41 Å². The van der Waals surface area contributed by atoms with E-state index in [-0.39, 0.29) is 69.4 Å². The number of hydrogen-bond acceptors (Lipinski definition) is 13. The Bertz CT molecular complexity index is 3310. The zero-order valence-corrected chi connectivity index (χ0v) is 48.9. The monoisotopic (exact) mass is 1140 g/mol. The lowest BCUT2D eigenvalue weighted by atomic mass is 9.85. The van der Waals surface area contributed by atoms with Gasteiger partial charge < -0.3 is 35.6 Å². The molecule has 3 amide bonds. The Morgan fingerprint density at radius 1 is 0.890 bits per heavy atom. The molecule has 6 aromatic rings. The van der Waals surface area contributed by atoms with Gasteiger partial charge in [0.25, 0.3) is 0 Å². The van der Waals surface area contributed by atoms with Crippen LogP contribution in [-0.2, 0) is 14.4 Å². The highest BCUT2D eigenvalue weighted by Crippen LogP contribution is 2.40. The number of hydrogen-bond donors (Lipinski definition) is 4. The molecule has 3 aromatic heterocycles. The molecule has 7 heterocycles. The fourth-order valence-electron chi connectivity index (χ4n) is 12.6. The molecular weight excluding hydrogens is 1060 g/mol. The fourth-order valence-corrected chi connectivity index (χ4v) is 13.4. The van der Waals surface area contributed by atoms with Gasteiger partial charge in [-0.3, -0.25) is 24.3 Å². The summed E-state index contributed by atoms with van der Waals surface area (Å²) in [4.78, 5) is 67.1. The van der Waals surface area contributed by atoms with Gasteiger partial charge in [-0.05, 0) is 105 Å². The van der Waals surface area contributed by atoms with Gasteiger partial charge in [-0.1, -0.05) is 102 Å². The molecule has 0 saturated carbocycles. The molecule has 15 nitrogen and oxygen atoms in total. The number of carbonyl (C=O) groups is 3. The topological polar surface area (TPSA) is 178 Å². The van der Waals surface area contributed by atoms with Crippen molar-refractivity contribution in [3.05, 3.63) is 88.7 Å². The van der Waals surface area contributed by atoms with E-state index >= 15 is 8.78 Å². The van der Waals surface area contributed by atoms with E-state index < -0.39 is 29.1 Å². The fraction of sp³-hybridized carbons (Fsp3) is 0.516. The third-order valence-corrected chi connectivity index (χ3v) is 18.0. The molecule has 0 aliphatic carbocycles. The third-order valence-electron chi connectivity index (χ3n) is 17.0. The number of nitrogens with one attached hydrogen (secondary N) is 3. The number of fused-ring (bicyclic) bond motifs is 4. The highest BCUT2D eigenvalue weighted by molar-refractivity contribution is 7.13. The van der Waals surface area contributed by atoms with E-state index in [4.69, 9.17) is 21.1 Å². The predicted octanol–water partition coefficient (Wildman–Crippen LogP) is 10.9. The van der Waals surface area contributed by atoms with Crippen molar-refractivity contribution in [1.29, 1.82) is 0 Å². The number of benzene rings is 3. The molecule has 4 aliphatic heterocycles. The number of aryl methyl sites for hydroxylation is 1. The summed E-state index contributed by atoms with van der Waals surface area (Å²) in [7, 11) is 0. The smallest absolute Gasteiger partial charge is 0.319 e. The van der Waals surface area contributed by atoms with E-state index in [0.29, 0.717) is 67.7 Å². The number of piperazine rings is 1. The first-order valence-corrected chi connectivity index (χ1v) is 30.5. The van der Waals surface area contributed by atoms with Crippen LogP contribution in [0.2, 0.25) is 0 Å². The average Bonchev–Trinajstić information content (AvgIpc) is 4.41. The van der Waals surface area contributed by atoms with Crippen LogP contribution in [0, 0.1) is 36.3 Å². The number of anilines is 1. The molecule has 4 saturated heterocycles. The van der Waals surface area contributed by atoms with E-state index in [1.165, 1.54) is 24.3 Å². The van der Waals surface area contributed by atoms with Gasteiger partial charge in [0.05, 0.1) is 33.1 Å². The van der Waals surface area contributed by atoms with Crippen molar-refractivity contribution in [2.75, 3.05) is 44.2 Å². The molecule has 18 heteroatoms. The Balaban J connectivity index is 0.645. The largest absolute Gasteiger partial charge is 0.508 e. The number of ether oxygens (including phenoxy) is 1. The Morgan fingerprint density at radius 2 is 1.61 bits per heavy atom. The molecule has 2 bridgehead atoms. The van der Waals surface area contributed by atoms with Crippen LogP contribution in [0.25, 0.3) is 43.4 Å². The minimum atomic E-state index is -0.744. The molecule has 434 valence electrons. The number of phenols is 1. The number of aromatic nitrogens is 4. The van der Waals surface area contributed by atoms with E-state index in [1.807, 2.05) is 52.3 Å². The summed E-state index contributed by atoms with van der Waals surface area (Å²) in [6, 6.07) is 12.8. The van der Waals surface area contributed by atoms with Crippen LogP contribution >= 0.6 is 11.3 Å². The number of pyridine rings is 1. The maximum absolute atomic E-state index is 17.1. The van der Waals surface area contributed by atoms with Gasteiger partial charge in [0.2, 0.25) is 17.7 Å². The minimum absolute atomic E-state index is 0.0340. The lowest BCUT2D eigenvalue weighted by Gasteiger charge is -2.35. The second kappa shape index (κ2) is 25.8. The molecule has 4 fully saturated rings. The molecule has 0 radical (unpaired) electrons. The number of likely N-dealkylation sites (tertiary alicyclic amines) is 2. The summed E-state index contributed by atoms with van der Waals surface area (Å²) in [6.07, 6.45) is 21.2. The Labute approximate surface area is 484 Å². The van der Waals surface area contributed by atoms with Gasteiger partial charge in [-0.2, -0.15) is 9.97 Å². The number of aromatic hydroxyl groups is 1. The van der Waals surface area contributed by atoms with Gasteiger partial charge in [0.15, 0.2) is 5.82 Å². The third kappa shape index (κ3) is 13.3. The molecule has 82 heavy (non-hydrogen) atoms. The van der Waals surface area contributed by atoms with Crippen LogP contribution < -0.4 is 25.6 Å². The van der Waals surface area contributed by atoms with Crippen LogP contribution in [0.1, 0.15) is 147 Å². The average molecular weight is 1140 g/mol. The van der Waals surface area contributed by atoms with Gasteiger partial charge in [-0.25, -0.2) is 13.8 Å². The van der Waals surface area contributed by atoms with E-state index in [0.717, 1.165) is 118 Å². The highest BCUT2D eigenvalue weighted by Gasteiger charge is 2.42. The lowest BCUT2D eigenvalue weighted by molar-refractivity contribution is -0.144. The van der Waals surface area contributed by atoms with Crippen molar-refractivity contribution in [1.82, 2.24) is 45.7 Å². The van der Waals surface area contributed by atoms with Gasteiger partial charge >= 0.3 is 6.01 Å². The molecule has 0 spiro atoms. The van der Waals surface area contributed by atoms with Crippen LogP contribution in [-0.4, -0.2) is 122 Å². The number of phenolic OH excluding ortho intramolecular Hbond substituents is 1. The summed E-state index contributed by atoms with van der Waals surface area (Å²) < 4.78 is 38.6. The summed E-state index contributed by atoms with van der Waals surface area (Å²) in [5, 5.41) is 21.7. The molecular formula is C64H78F2N10O5S. The van der Waals surface area contributed by atoms with Crippen LogP contribution in [0.4, 0.5) is 14.6 Å². The minimum Gasteiger partial charge on any atom is -0.508 e. The number of unbranched alkanes of at least 4 members (excludes halogenated alkanes) is 8. The summed E-state index contributed by atoms with van der Waals surface area (Å²) in [5.41, 5.74) is 4.41. The lowest BCUT2D eigenvalue weighted by Crippen LogP contribution is -2.57. The van der Waals surface area contributed by atoms with Gasteiger partial charge in [-0.15, -0.1) is 17.8 Å². The molecule has 4 aliphatic rings. The Hall–Kier alpha value is -6.81. The summed E-state index contributed by atoms with van der Waals surface area (Å²) in [6.45, 7) is 14.3. The molecule has 3 unspecified atom stereocenters. The van der Waals surface area contributed by atoms with E-state index in [2.05, 4.69) is 53.8 Å². The number of nitrogens with zero attached hydrogens (tertiary/aromatic N) is 7. The number of carbonyl (C=O) groups excluding carboxylic acids is 3. The number of amides is 3. The molecule has 4 N–H and O–H groups in total. The zero-order valence-electron chi connectivity index (χ0n) is 48.0. The SMILES string of the molecule is C#Cc1c(F)ccc2cc(O)cc(-c3ncc4c(N5CC6CCC(C5)N6)nc(O[C@H]5CCN(CCCCCCCCCCCC(=O)NC(C(=O)N6CCC[C@H]6C(=O)N[C@@H](C)c6ccc(-c7scnc7C)cc6)C(C)(C)C)C5)nc4c3F)c12. The predicted molar refractivity (Wildman–Crippen MR) is 319 cm³/mol. The maximum atomic E-state index is 17.1. The van der Waals surface area contributed by atoms with Gasteiger partial charge in [0, 0.05) is 68.4 Å². The highest BCUT2D eigenvalue weighted by atomic mass is 32.1. The number of halogens is 2. The van der Waals surface area contributed by atoms with Crippen LogP contribution in [0.3, 0.4) is 0 Å². The van der Waals surface area contributed by atoms with E-state index in [1.54, 1.807) is 22.4 Å². The maximum Gasteiger partial charge on any atom is 0.319 e. The number of thiazole rings is 1. The summed E-state index contributed by atoms with van der Waals surface area (Å²) in [5.74, 6) is 0.960. The molecule has 3 aromatic carbocycles. The van der Waals surface area contributed by atoms with Crippen LogP contribution in [0.5, 0.6) is 11.8 Å². The normalized spacial score (nSPS) is 19.9. The van der Waals surface area contributed by atoms with Crippen LogP contribution in [0.15, 0.2) is 60.2 Å². The first-order valence-electron chi connectivity index (χ1n) is 29.6. The van der Waals surface area contributed by atoms with Crippen molar-refractivity contribution >= 4 is 56.6 Å². The standard InChI is InChI=1S/C64H78F2N10O5S/c1-7-48-51(65)27-24-43-32-46(77)33-49(54(43)48)56-55(66)57-50(34-67-56)60(75-35-44-25-26-45(36-75)70-44)73-63(72-57)81-47-28-31-74(37-47)29-16-14-12-10-8-9-11-13-15-19-53(78)71-59(64(4,5)6)62(80)76-30-17-18-52(76)61(79)69-39(2)41-20-22-42(23-21-41)58-40(3)68-38-82-58/h1,20-24,27,32-34,38-39,44-45,47,52,59,70,77H,8-19,25-26,28-31,35-37H2,2-6H3,(H,69,79)(H,71,78)/t39-,44?,45?,47-,52-,59?/m0/s1. The van der Waals surface area contributed by atoms with E-state index in [9.17, 15) is 19.5 Å². The molecule has 10 rings (SSSR count). The number of terminal acetylenes is 1. The quantitative estimate of drug-likeness (QED) is 0.0374. The second-order valence-corrected chi connectivity index (χ2v) is 25.0. The Kier molecular flexibility index (Phi) is 18.3.